The van der Waals surface area contributed by atoms with E-state index < -0.39 is 12.1 Å². The minimum atomic E-state index is -0.623. The van der Waals surface area contributed by atoms with Gasteiger partial charge in [0.05, 0.1) is 6.04 Å². The Morgan fingerprint density at radius 2 is 2.08 bits per heavy atom. The number of aldehydes is 1. The van der Waals surface area contributed by atoms with Crippen molar-refractivity contribution in [3.05, 3.63) is 34.9 Å². The first-order chi connectivity index (χ1) is 11.9. The zero-order valence-corrected chi connectivity index (χ0v) is 15.8. The van der Waals surface area contributed by atoms with Gasteiger partial charge in [0.2, 0.25) is 5.91 Å². The molecule has 0 aliphatic carbocycles. The maximum Gasteiger partial charge on any atom is 0.255 e. The molecule has 2 heterocycles. The molecule has 25 heavy (non-hydrogen) atoms. The lowest BCUT2D eigenvalue weighted by molar-refractivity contribution is -0.146. The van der Waals surface area contributed by atoms with E-state index >= 15 is 0 Å². The molecule has 0 spiro atoms. The molecule has 2 aliphatic rings. The van der Waals surface area contributed by atoms with E-state index in [1.54, 1.807) is 22.8 Å². The van der Waals surface area contributed by atoms with Gasteiger partial charge < -0.3 is 14.6 Å². The van der Waals surface area contributed by atoms with Gasteiger partial charge in [0, 0.05) is 29.3 Å². The first kappa shape index (κ1) is 19.4. The number of carbonyl (C=O) groups excluding carboxylic acids is 3. The molecule has 0 aromatic rings. The molecule has 136 valence electrons. The van der Waals surface area contributed by atoms with Gasteiger partial charge in [0.15, 0.2) is 0 Å². The van der Waals surface area contributed by atoms with Crippen molar-refractivity contribution in [2.45, 2.75) is 45.7 Å². The van der Waals surface area contributed by atoms with Crippen molar-refractivity contribution in [1.82, 2.24) is 9.80 Å². The van der Waals surface area contributed by atoms with Crippen molar-refractivity contribution in [3.8, 4) is 0 Å². The molecule has 6 heteroatoms. The maximum atomic E-state index is 13.1. The van der Waals surface area contributed by atoms with E-state index in [-0.39, 0.29) is 24.3 Å². The molecular formula is C19H25ClN2O3. The molecule has 2 amide bonds. The van der Waals surface area contributed by atoms with Crippen molar-refractivity contribution >= 4 is 29.7 Å². The molecule has 1 saturated heterocycles. The van der Waals surface area contributed by atoms with Gasteiger partial charge in [-0.2, -0.15) is 0 Å². The third-order valence-corrected chi connectivity index (χ3v) is 5.30. The lowest BCUT2D eigenvalue weighted by atomic mass is 10.0. The number of likely N-dealkylation sites (tertiary alicyclic amines) is 1. The standard InChI is InChI=1S/C19H25ClN2O3/c1-5-14-15(16(20)6-2)10-22(18(14)24)17(12(3)4)19(25)21-9-7-8-13(21)11-23/h5-6,11-13,17H,1,7-10H2,2-4H3/b16-6+. The SMILES string of the molecule is C=CC1=C(/C(Cl)=C\C)CN(C(C(=O)N2CCCC2C=O)C(C)C)C1=O. The fraction of sp³-hybridized carbons (Fsp3) is 0.526. The van der Waals surface area contributed by atoms with Gasteiger partial charge in [-0.05, 0) is 25.7 Å². The summed E-state index contributed by atoms with van der Waals surface area (Å²) >= 11 is 6.25. The van der Waals surface area contributed by atoms with Gasteiger partial charge in [0.1, 0.15) is 12.3 Å². The number of hydrogen-bond donors (Lipinski definition) is 0. The molecule has 0 aromatic carbocycles. The molecule has 0 aromatic heterocycles. The van der Waals surface area contributed by atoms with Crippen LogP contribution in [0.5, 0.6) is 0 Å². The number of amides is 2. The van der Waals surface area contributed by atoms with Gasteiger partial charge in [-0.25, -0.2) is 0 Å². The van der Waals surface area contributed by atoms with Crippen LogP contribution in [0.3, 0.4) is 0 Å². The fourth-order valence-electron chi connectivity index (χ4n) is 3.58. The Balaban J connectivity index is 2.33. The van der Waals surface area contributed by atoms with E-state index in [0.717, 1.165) is 12.7 Å². The van der Waals surface area contributed by atoms with Crippen molar-refractivity contribution in [3.63, 3.8) is 0 Å². The number of carbonyl (C=O) groups is 3. The van der Waals surface area contributed by atoms with Crippen LogP contribution in [0, 0.1) is 5.92 Å². The largest absolute Gasteiger partial charge is 0.331 e. The molecule has 0 bridgehead atoms. The van der Waals surface area contributed by atoms with Crippen molar-refractivity contribution in [2.24, 2.45) is 5.92 Å². The van der Waals surface area contributed by atoms with Gasteiger partial charge in [-0.1, -0.05) is 44.2 Å². The third-order valence-electron chi connectivity index (χ3n) is 4.85. The Morgan fingerprint density at radius 1 is 1.40 bits per heavy atom. The molecule has 2 unspecified atom stereocenters. The summed E-state index contributed by atoms with van der Waals surface area (Å²) in [5.41, 5.74) is 1.13. The Morgan fingerprint density at radius 3 is 2.60 bits per heavy atom. The molecule has 2 rings (SSSR count). The lowest BCUT2D eigenvalue weighted by Gasteiger charge is -2.34. The second-order valence-electron chi connectivity index (χ2n) is 6.73. The van der Waals surface area contributed by atoms with Crippen LogP contribution in [0.25, 0.3) is 0 Å². The van der Waals surface area contributed by atoms with Crippen LogP contribution in [0.2, 0.25) is 0 Å². The number of nitrogens with zero attached hydrogens (tertiary/aromatic N) is 2. The van der Waals surface area contributed by atoms with Gasteiger partial charge >= 0.3 is 0 Å². The van der Waals surface area contributed by atoms with E-state index in [1.165, 1.54) is 6.08 Å². The normalized spacial score (nSPS) is 22.8. The third kappa shape index (κ3) is 3.56. The lowest BCUT2D eigenvalue weighted by Crippen LogP contribution is -2.53. The number of allylic oxidation sites excluding steroid dienone is 1. The number of hydrogen-bond acceptors (Lipinski definition) is 3. The average Bonchev–Trinajstić information content (AvgIpc) is 3.18. The van der Waals surface area contributed by atoms with E-state index in [4.69, 9.17) is 11.6 Å². The van der Waals surface area contributed by atoms with E-state index in [2.05, 4.69) is 6.58 Å². The van der Waals surface area contributed by atoms with Crippen molar-refractivity contribution in [1.29, 1.82) is 0 Å². The first-order valence-corrected chi connectivity index (χ1v) is 8.99. The number of halogens is 1. The zero-order valence-electron chi connectivity index (χ0n) is 15.0. The molecule has 0 N–H and O–H groups in total. The van der Waals surface area contributed by atoms with Crippen LogP contribution in [-0.2, 0) is 14.4 Å². The van der Waals surface area contributed by atoms with Crippen LogP contribution < -0.4 is 0 Å². The quantitative estimate of drug-likeness (QED) is 0.681. The molecule has 2 atom stereocenters. The van der Waals surface area contributed by atoms with Gasteiger partial charge in [-0.3, -0.25) is 9.59 Å². The predicted octanol–water partition coefficient (Wildman–Crippen LogP) is 2.67. The Kier molecular flexibility index (Phi) is 6.22. The van der Waals surface area contributed by atoms with Crippen LogP contribution in [0.1, 0.15) is 33.6 Å². The van der Waals surface area contributed by atoms with E-state index in [1.807, 2.05) is 13.8 Å². The van der Waals surface area contributed by atoms with Crippen molar-refractivity contribution < 1.29 is 14.4 Å². The summed E-state index contributed by atoms with van der Waals surface area (Å²) in [4.78, 5) is 40.4. The van der Waals surface area contributed by atoms with Crippen LogP contribution >= 0.6 is 11.6 Å². The fourth-order valence-corrected chi connectivity index (χ4v) is 3.74. The Bertz CT molecular complexity index is 651. The highest BCUT2D eigenvalue weighted by atomic mass is 35.5. The Hall–Kier alpha value is -1.88. The summed E-state index contributed by atoms with van der Waals surface area (Å²) in [6, 6.07) is -1.02. The summed E-state index contributed by atoms with van der Waals surface area (Å²) in [5, 5.41) is 0.493. The molecule has 0 radical (unpaired) electrons. The highest BCUT2D eigenvalue weighted by molar-refractivity contribution is 6.33. The van der Waals surface area contributed by atoms with Crippen LogP contribution in [0.4, 0.5) is 0 Å². The highest BCUT2D eigenvalue weighted by Crippen LogP contribution is 2.32. The van der Waals surface area contributed by atoms with Crippen LogP contribution in [0.15, 0.2) is 34.9 Å². The molecule has 0 saturated carbocycles. The highest BCUT2D eigenvalue weighted by Gasteiger charge is 2.42. The summed E-state index contributed by atoms with van der Waals surface area (Å²) < 4.78 is 0. The molecule has 5 nitrogen and oxygen atoms in total. The Labute approximate surface area is 154 Å². The molecular weight excluding hydrogens is 340 g/mol. The monoisotopic (exact) mass is 364 g/mol. The maximum absolute atomic E-state index is 13.1. The minimum absolute atomic E-state index is 0.0841. The smallest absolute Gasteiger partial charge is 0.255 e. The van der Waals surface area contributed by atoms with E-state index in [9.17, 15) is 14.4 Å². The molecule has 2 aliphatic heterocycles. The number of rotatable bonds is 6. The van der Waals surface area contributed by atoms with Gasteiger partial charge in [-0.15, -0.1) is 0 Å². The second-order valence-corrected chi connectivity index (χ2v) is 7.14. The van der Waals surface area contributed by atoms with E-state index in [0.29, 0.717) is 29.1 Å². The summed E-state index contributed by atoms with van der Waals surface area (Å²) in [5.74, 6) is -0.489. The minimum Gasteiger partial charge on any atom is -0.331 e. The first-order valence-electron chi connectivity index (χ1n) is 8.61. The zero-order chi connectivity index (χ0) is 18.7. The summed E-state index contributed by atoms with van der Waals surface area (Å²) in [6.45, 7) is 10.2. The average molecular weight is 365 g/mol. The van der Waals surface area contributed by atoms with Crippen LogP contribution in [-0.4, -0.2) is 53.1 Å². The second kappa shape index (κ2) is 8.00. The van der Waals surface area contributed by atoms with Gasteiger partial charge in [0.25, 0.3) is 5.91 Å². The summed E-state index contributed by atoms with van der Waals surface area (Å²) in [6.07, 6.45) is 5.53. The topological polar surface area (TPSA) is 57.7 Å². The predicted molar refractivity (Wildman–Crippen MR) is 98.0 cm³/mol. The summed E-state index contributed by atoms with van der Waals surface area (Å²) in [7, 11) is 0. The van der Waals surface area contributed by atoms with Crippen molar-refractivity contribution in [2.75, 3.05) is 13.1 Å². The molecule has 1 fully saturated rings.